The number of methoxy groups -OCH3 is 1. The molecule has 136 valence electrons. The van der Waals surface area contributed by atoms with E-state index in [9.17, 15) is 19.7 Å². The molecule has 25 heavy (non-hydrogen) atoms. The SMILES string of the molecule is COC(=O)C1CCN(c2ccc(C(=O)NC(C)C)cc2[N+](=O)[O-])CC1. The maximum atomic E-state index is 12.1. The Hall–Kier alpha value is -2.64. The molecular formula is C17H23N3O5. The van der Waals surface area contributed by atoms with E-state index in [0.29, 0.717) is 31.6 Å². The fourth-order valence-corrected chi connectivity index (χ4v) is 2.95. The maximum absolute atomic E-state index is 12.1. The lowest BCUT2D eigenvalue weighted by molar-refractivity contribution is -0.384. The van der Waals surface area contributed by atoms with Crippen LogP contribution in [0.25, 0.3) is 0 Å². The van der Waals surface area contributed by atoms with E-state index < -0.39 is 4.92 Å². The van der Waals surface area contributed by atoms with Crippen LogP contribution in [-0.2, 0) is 9.53 Å². The van der Waals surface area contributed by atoms with Gasteiger partial charge in [0.25, 0.3) is 11.6 Å². The van der Waals surface area contributed by atoms with Crippen LogP contribution in [0.4, 0.5) is 11.4 Å². The van der Waals surface area contributed by atoms with Crippen molar-refractivity contribution in [3.05, 3.63) is 33.9 Å². The first-order valence-electron chi connectivity index (χ1n) is 8.25. The second-order valence-electron chi connectivity index (χ2n) is 6.37. The number of hydrogen-bond donors (Lipinski definition) is 1. The van der Waals surface area contributed by atoms with Crippen molar-refractivity contribution in [3.8, 4) is 0 Å². The summed E-state index contributed by atoms with van der Waals surface area (Å²) < 4.78 is 4.76. The van der Waals surface area contributed by atoms with Crippen molar-refractivity contribution in [1.29, 1.82) is 0 Å². The van der Waals surface area contributed by atoms with Gasteiger partial charge in [-0.05, 0) is 38.8 Å². The summed E-state index contributed by atoms with van der Waals surface area (Å²) in [5.41, 5.74) is 0.621. The third-order valence-electron chi connectivity index (χ3n) is 4.22. The van der Waals surface area contributed by atoms with Crippen LogP contribution in [0.15, 0.2) is 18.2 Å². The largest absolute Gasteiger partial charge is 0.469 e. The minimum absolute atomic E-state index is 0.0522. The predicted octanol–water partition coefficient (Wildman–Crippen LogP) is 2.12. The average Bonchev–Trinajstić information content (AvgIpc) is 2.60. The highest BCUT2D eigenvalue weighted by molar-refractivity contribution is 5.96. The number of anilines is 1. The molecule has 0 saturated carbocycles. The molecule has 0 atom stereocenters. The van der Waals surface area contributed by atoms with E-state index in [0.717, 1.165) is 0 Å². The van der Waals surface area contributed by atoms with Crippen molar-refractivity contribution in [1.82, 2.24) is 5.32 Å². The summed E-state index contributed by atoms with van der Waals surface area (Å²) in [5, 5.41) is 14.2. The molecule has 0 bridgehead atoms. The molecule has 0 unspecified atom stereocenters. The minimum Gasteiger partial charge on any atom is -0.469 e. The Balaban J connectivity index is 2.20. The highest BCUT2D eigenvalue weighted by atomic mass is 16.6. The number of carbonyl (C=O) groups is 2. The molecule has 2 rings (SSSR count). The molecule has 1 aromatic carbocycles. The number of esters is 1. The highest BCUT2D eigenvalue weighted by Gasteiger charge is 2.29. The number of rotatable bonds is 5. The van der Waals surface area contributed by atoms with Gasteiger partial charge in [-0.2, -0.15) is 0 Å². The number of nitrogens with zero attached hydrogens (tertiary/aromatic N) is 2. The molecule has 1 aliphatic rings. The number of nitro benzene ring substituents is 1. The molecule has 1 heterocycles. The Kier molecular flexibility index (Phi) is 5.95. The van der Waals surface area contributed by atoms with Crippen LogP contribution in [0.3, 0.4) is 0 Å². The molecule has 0 aromatic heterocycles. The monoisotopic (exact) mass is 349 g/mol. The smallest absolute Gasteiger partial charge is 0.308 e. The third kappa shape index (κ3) is 4.46. The van der Waals surface area contributed by atoms with Gasteiger partial charge >= 0.3 is 5.97 Å². The minimum atomic E-state index is -0.478. The number of nitro groups is 1. The Bertz CT molecular complexity index is 666. The number of carbonyl (C=O) groups excluding carboxylic acids is 2. The molecule has 1 amide bonds. The maximum Gasteiger partial charge on any atom is 0.308 e. The zero-order chi connectivity index (χ0) is 18.6. The van der Waals surface area contributed by atoms with Crippen LogP contribution in [0.1, 0.15) is 37.0 Å². The number of piperidine rings is 1. The van der Waals surface area contributed by atoms with Crippen molar-refractivity contribution in [2.45, 2.75) is 32.7 Å². The van der Waals surface area contributed by atoms with E-state index in [1.54, 1.807) is 12.1 Å². The Morgan fingerprint density at radius 3 is 2.48 bits per heavy atom. The fourth-order valence-electron chi connectivity index (χ4n) is 2.95. The quantitative estimate of drug-likeness (QED) is 0.496. The molecule has 1 aliphatic heterocycles. The van der Waals surface area contributed by atoms with E-state index in [1.165, 1.54) is 13.2 Å². The Morgan fingerprint density at radius 1 is 1.32 bits per heavy atom. The second-order valence-corrected chi connectivity index (χ2v) is 6.37. The first-order valence-corrected chi connectivity index (χ1v) is 8.25. The van der Waals surface area contributed by atoms with E-state index in [1.807, 2.05) is 18.7 Å². The van der Waals surface area contributed by atoms with Gasteiger partial charge in [0.2, 0.25) is 0 Å². The number of hydrogen-bond acceptors (Lipinski definition) is 6. The van der Waals surface area contributed by atoms with E-state index in [2.05, 4.69) is 5.32 Å². The molecule has 8 heteroatoms. The lowest BCUT2D eigenvalue weighted by atomic mass is 9.96. The van der Waals surface area contributed by atoms with Gasteiger partial charge in [-0.25, -0.2) is 0 Å². The summed E-state index contributed by atoms with van der Waals surface area (Å²) in [5.74, 6) is -0.750. The highest BCUT2D eigenvalue weighted by Crippen LogP contribution is 2.32. The summed E-state index contributed by atoms with van der Waals surface area (Å²) in [6.07, 6.45) is 1.17. The van der Waals surface area contributed by atoms with Gasteiger partial charge < -0.3 is 15.0 Å². The molecule has 8 nitrogen and oxygen atoms in total. The number of ether oxygens (including phenoxy) is 1. The number of benzene rings is 1. The normalized spacial score (nSPS) is 15.1. The Labute approximate surface area is 146 Å². The van der Waals surface area contributed by atoms with E-state index in [-0.39, 0.29) is 35.1 Å². The lowest BCUT2D eigenvalue weighted by Gasteiger charge is -2.32. The van der Waals surface area contributed by atoms with Gasteiger partial charge in [0, 0.05) is 30.8 Å². The Morgan fingerprint density at radius 2 is 1.96 bits per heavy atom. The summed E-state index contributed by atoms with van der Waals surface area (Å²) in [4.78, 5) is 36.5. The molecule has 1 fully saturated rings. The molecule has 0 spiro atoms. The van der Waals surface area contributed by atoms with Gasteiger partial charge in [-0.1, -0.05) is 0 Å². The molecule has 1 N–H and O–H groups in total. The number of nitrogens with one attached hydrogen (secondary N) is 1. The first-order chi connectivity index (χ1) is 11.8. The van der Waals surface area contributed by atoms with Crippen LogP contribution in [-0.4, -0.2) is 43.0 Å². The number of amides is 1. The molecule has 0 aliphatic carbocycles. The molecule has 1 aromatic rings. The van der Waals surface area contributed by atoms with Crippen molar-refractivity contribution in [2.24, 2.45) is 5.92 Å². The first kappa shape index (κ1) is 18.7. The lowest BCUT2D eigenvalue weighted by Crippen LogP contribution is -2.37. The second kappa shape index (κ2) is 7.96. The van der Waals surface area contributed by atoms with Crippen LogP contribution < -0.4 is 10.2 Å². The summed E-state index contributed by atoms with van der Waals surface area (Å²) in [7, 11) is 1.36. The van der Waals surface area contributed by atoms with E-state index in [4.69, 9.17) is 4.74 Å². The molecule has 0 radical (unpaired) electrons. The van der Waals surface area contributed by atoms with Crippen LogP contribution in [0.2, 0.25) is 0 Å². The van der Waals surface area contributed by atoms with Crippen LogP contribution in [0, 0.1) is 16.0 Å². The van der Waals surface area contributed by atoms with Gasteiger partial charge in [-0.15, -0.1) is 0 Å². The summed E-state index contributed by atoms with van der Waals surface area (Å²) >= 11 is 0. The standard InChI is InChI=1S/C17H23N3O5/c1-11(2)18-16(21)13-4-5-14(15(10-13)20(23)24)19-8-6-12(7-9-19)17(22)25-3/h4-5,10-12H,6-9H2,1-3H3,(H,18,21). The van der Waals surface area contributed by atoms with Gasteiger partial charge in [-0.3, -0.25) is 19.7 Å². The van der Waals surface area contributed by atoms with Gasteiger partial charge in [0.05, 0.1) is 18.0 Å². The van der Waals surface area contributed by atoms with Gasteiger partial charge in [0.15, 0.2) is 0 Å². The van der Waals surface area contributed by atoms with Crippen molar-refractivity contribution < 1.29 is 19.2 Å². The zero-order valence-electron chi connectivity index (χ0n) is 14.7. The van der Waals surface area contributed by atoms with Crippen LogP contribution in [0.5, 0.6) is 0 Å². The molecular weight excluding hydrogens is 326 g/mol. The average molecular weight is 349 g/mol. The molecule has 1 saturated heterocycles. The van der Waals surface area contributed by atoms with Crippen LogP contribution >= 0.6 is 0 Å². The van der Waals surface area contributed by atoms with Crippen molar-refractivity contribution in [3.63, 3.8) is 0 Å². The third-order valence-corrected chi connectivity index (χ3v) is 4.22. The van der Waals surface area contributed by atoms with Gasteiger partial charge in [0.1, 0.15) is 5.69 Å². The van der Waals surface area contributed by atoms with Crippen molar-refractivity contribution >= 4 is 23.3 Å². The topological polar surface area (TPSA) is 102 Å². The predicted molar refractivity (Wildman–Crippen MR) is 92.7 cm³/mol. The zero-order valence-corrected chi connectivity index (χ0v) is 14.7. The fraction of sp³-hybridized carbons (Fsp3) is 0.529. The summed E-state index contributed by atoms with van der Waals surface area (Å²) in [6, 6.07) is 4.45. The summed E-state index contributed by atoms with van der Waals surface area (Å²) in [6.45, 7) is 4.70. The van der Waals surface area contributed by atoms with E-state index >= 15 is 0 Å². The van der Waals surface area contributed by atoms with Crippen molar-refractivity contribution in [2.75, 3.05) is 25.1 Å².